The quantitative estimate of drug-likeness (QED) is 0.152. The third-order valence-corrected chi connectivity index (χ3v) is 8.43. The second kappa shape index (κ2) is 9.03. The van der Waals surface area contributed by atoms with Gasteiger partial charge in [-0.2, -0.15) is 0 Å². The molecule has 42 heavy (non-hydrogen) atoms. The van der Waals surface area contributed by atoms with Crippen LogP contribution in [-0.2, 0) is 0 Å². The van der Waals surface area contributed by atoms with Gasteiger partial charge in [-0.3, -0.25) is 0 Å². The highest BCUT2D eigenvalue weighted by Gasteiger charge is 2.19. The molecule has 0 N–H and O–H groups in total. The van der Waals surface area contributed by atoms with Crippen LogP contribution in [-0.4, -0.2) is 0 Å². The molecule has 9 aromatic carbocycles. The summed E-state index contributed by atoms with van der Waals surface area (Å²) < 4.78 is 72.7. The molecular weight excluding hydrogens is 504 g/mol. The molecule has 0 spiro atoms. The van der Waals surface area contributed by atoms with Crippen LogP contribution in [0.2, 0.25) is 0 Å². The number of benzene rings is 9. The molecule has 194 valence electrons. The fraction of sp³-hybridized carbons (Fsp3) is 0. The molecule has 9 rings (SSSR count). The molecule has 0 bridgehead atoms. The first kappa shape index (κ1) is 16.7. The van der Waals surface area contributed by atoms with E-state index in [9.17, 15) is 5.48 Å². The van der Waals surface area contributed by atoms with Gasteiger partial charge in [0.1, 0.15) is 0 Å². The molecule has 9 aromatic rings. The van der Waals surface area contributed by atoms with E-state index in [-0.39, 0.29) is 45.7 Å². The maximum atomic E-state index is 9.40. The zero-order valence-corrected chi connectivity index (χ0v) is 22.4. The van der Waals surface area contributed by atoms with Gasteiger partial charge in [0.05, 0.1) is 11.0 Å². The molecular formula is C42H26. The molecule has 0 amide bonds. The van der Waals surface area contributed by atoms with Crippen LogP contribution < -0.4 is 0 Å². The lowest BCUT2D eigenvalue weighted by molar-refractivity contribution is 1.69. The number of hydrogen-bond acceptors (Lipinski definition) is 0. The van der Waals surface area contributed by atoms with Gasteiger partial charge in [-0.15, -0.1) is 0 Å². The molecule has 0 aliphatic rings. The average molecular weight is 539 g/mol. The summed E-state index contributed by atoms with van der Waals surface area (Å²) >= 11 is 0. The van der Waals surface area contributed by atoms with E-state index in [2.05, 4.69) is 12.1 Å². The Morgan fingerprint density at radius 1 is 0.357 bits per heavy atom. The van der Waals surface area contributed by atoms with Crippen molar-refractivity contribution in [3.8, 4) is 22.3 Å². The van der Waals surface area contributed by atoms with Crippen molar-refractivity contribution in [1.29, 1.82) is 0 Å². The van der Waals surface area contributed by atoms with Gasteiger partial charge in [-0.1, -0.05) is 145 Å². The summed E-state index contributed by atoms with van der Waals surface area (Å²) in [6, 6.07) is 32.9. The first-order valence-electron chi connectivity index (χ1n) is 18.0. The number of fused-ring (bicyclic) bond motifs is 8. The smallest absolute Gasteiger partial charge is 0.0616 e. The van der Waals surface area contributed by atoms with Crippen LogP contribution in [0.4, 0.5) is 0 Å². The van der Waals surface area contributed by atoms with Gasteiger partial charge in [0.2, 0.25) is 0 Å². The molecule has 0 aromatic heterocycles. The zero-order valence-electron chi connectivity index (χ0n) is 30.4. The van der Waals surface area contributed by atoms with E-state index in [1.165, 1.54) is 0 Å². The highest BCUT2D eigenvalue weighted by Crippen LogP contribution is 2.47. The SMILES string of the molecule is [2H]c1c([2H])c([2H])c2c(-c3cc4ccc5ccccc5c4c4ccccc34)c3c([2H])c([2H])c([2H])c([2H])c3c(-c3ccc4ccccc4c3)c2c1[2H]. The fourth-order valence-corrected chi connectivity index (χ4v) is 6.61. The van der Waals surface area contributed by atoms with Crippen molar-refractivity contribution in [3.63, 3.8) is 0 Å². The summed E-state index contributed by atoms with van der Waals surface area (Å²) in [7, 11) is 0. The van der Waals surface area contributed by atoms with Crippen LogP contribution >= 0.6 is 0 Å². The molecule has 0 heteroatoms. The van der Waals surface area contributed by atoms with Crippen LogP contribution in [0.3, 0.4) is 0 Å². The van der Waals surface area contributed by atoms with Crippen LogP contribution in [0, 0.1) is 0 Å². The second-order valence-electron chi connectivity index (χ2n) is 10.7. The minimum Gasteiger partial charge on any atom is -0.0616 e. The standard InChI is InChI=1S/C42H26/c1-2-13-29-25-30(23-21-27(29)11-1)41-35-17-7-9-19-37(35)42(38-20-10-8-18-36(38)41)39-26-31-24-22-28-12-3-4-14-32(28)40(31)34-16-6-5-15-33(34)39/h1-26H/i7D,8D,9D,10D,17D,18D,19D,20D. The van der Waals surface area contributed by atoms with Crippen molar-refractivity contribution in [2.45, 2.75) is 0 Å². The van der Waals surface area contributed by atoms with Crippen molar-refractivity contribution in [2.24, 2.45) is 0 Å². The van der Waals surface area contributed by atoms with Crippen molar-refractivity contribution in [2.75, 3.05) is 0 Å². The van der Waals surface area contributed by atoms with Gasteiger partial charge in [-0.25, -0.2) is 0 Å². The molecule has 0 saturated carbocycles. The molecule has 0 saturated heterocycles. The van der Waals surface area contributed by atoms with Gasteiger partial charge in [-0.05, 0) is 99.0 Å². The van der Waals surface area contributed by atoms with Crippen LogP contribution in [0.1, 0.15) is 11.0 Å². The Balaban J connectivity index is 1.59. The lowest BCUT2D eigenvalue weighted by Gasteiger charge is -2.20. The van der Waals surface area contributed by atoms with E-state index in [1.54, 1.807) is 0 Å². The number of hydrogen-bond donors (Lipinski definition) is 0. The Hall–Kier alpha value is -5.46. The van der Waals surface area contributed by atoms with Gasteiger partial charge in [0.15, 0.2) is 0 Å². The van der Waals surface area contributed by atoms with E-state index in [0.29, 0.717) is 22.3 Å². The van der Waals surface area contributed by atoms with Crippen molar-refractivity contribution >= 4 is 64.6 Å². The monoisotopic (exact) mass is 538 g/mol. The third kappa shape index (κ3) is 3.36. The molecule has 0 aliphatic heterocycles. The lowest BCUT2D eigenvalue weighted by atomic mass is 9.83. The molecule has 0 heterocycles. The largest absolute Gasteiger partial charge is 0.0629 e. The van der Waals surface area contributed by atoms with E-state index < -0.39 is 24.2 Å². The van der Waals surface area contributed by atoms with Gasteiger partial charge in [0, 0.05) is 0 Å². The molecule has 0 atom stereocenters. The van der Waals surface area contributed by atoms with Crippen molar-refractivity contribution in [1.82, 2.24) is 0 Å². The summed E-state index contributed by atoms with van der Waals surface area (Å²) in [6.45, 7) is 0. The summed E-state index contributed by atoms with van der Waals surface area (Å²) in [5.74, 6) is 0. The van der Waals surface area contributed by atoms with E-state index >= 15 is 0 Å². The van der Waals surface area contributed by atoms with Gasteiger partial charge >= 0.3 is 0 Å². The average Bonchev–Trinajstić information content (AvgIpc) is 3.15. The molecule has 0 fully saturated rings. The predicted octanol–water partition coefficient (Wildman–Crippen LogP) is 11.9. The Morgan fingerprint density at radius 3 is 1.60 bits per heavy atom. The first-order valence-corrected chi connectivity index (χ1v) is 14.0. The highest BCUT2D eigenvalue weighted by molar-refractivity contribution is 6.28. The van der Waals surface area contributed by atoms with Crippen LogP contribution in [0.25, 0.3) is 86.9 Å². The van der Waals surface area contributed by atoms with Crippen LogP contribution in [0.15, 0.2) is 158 Å². The van der Waals surface area contributed by atoms with E-state index in [4.69, 9.17) is 5.48 Å². The summed E-state index contributed by atoms with van der Waals surface area (Å²) in [5, 5.41) is 8.52. The van der Waals surface area contributed by atoms with Gasteiger partial charge < -0.3 is 0 Å². The Kier molecular flexibility index (Phi) is 3.59. The van der Waals surface area contributed by atoms with Crippen molar-refractivity contribution < 1.29 is 11.0 Å². The predicted molar refractivity (Wildman–Crippen MR) is 182 cm³/mol. The first-order chi connectivity index (χ1) is 24.2. The maximum Gasteiger partial charge on any atom is 0.0629 e. The Morgan fingerprint density at radius 2 is 0.881 bits per heavy atom. The van der Waals surface area contributed by atoms with Crippen LogP contribution in [0.5, 0.6) is 0 Å². The molecule has 0 radical (unpaired) electrons. The summed E-state index contributed by atoms with van der Waals surface area (Å²) in [6.07, 6.45) is 0. The van der Waals surface area contributed by atoms with Crippen molar-refractivity contribution in [3.05, 3.63) is 158 Å². The zero-order chi connectivity index (χ0) is 34.6. The molecule has 0 aliphatic carbocycles. The molecule has 0 unspecified atom stereocenters. The number of rotatable bonds is 2. The van der Waals surface area contributed by atoms with E-state index in [1.807, 2.05) is 97.1 Å². The molecule has 0 nitrogen and oxygen atoms in total. The Labute approximate surface area is 255 Å². The summed E-state index contributed by atoms with van der Waals surface area (Å²) in [4.78, 5) is 0. The Bertz CT molecular complexity index is 2880. The summed E-state index contributed by atoms with van der Waals surface area (Å²) in [5.41, 5.74) is 1.91. The fourth-order valence-electron chi connectivity index (χ4n) is 6.61. The lowest BCUT2D eigenvalue weighted by Crippen LogP contribution is -1.92. The van der Waals surface area contributed by atoms with E-state index in [0.717, 1.165) is 43.1 Å². The van der Waals surface area contributed by atoms with Gasteiger partial charge in [0.25, 0.3) is 0 Å². The topological polar surface area (TPSA) is 0 Å². The maximum absolute atomic E-state index is 9.40. The highest BCUT2D eigenvalue weighted by atomic mass is 14.2. The minimum absolute atomic E-state index is 0.210. The normalized spacial score (nSPS) is 14.5. The minimum atomic E-state index is -0.413. The second-order valence-corrected chi connectivity index (χ2v) is 10.7. The third-order valence-electron chi connectivity index (χ3n) is 8.43.